The van der Waals surface area contributed by atoms with Gasteiger partial charge in [0.25, 0.3) is 0 Å². The third-order valence-electron chi connectivity index (χ3n) is 3.75. The molecule has 0 unspecified atom stereocenters. The lowest BCUT2D eigenvalue weighted by Gasteiger charge is -2.32. The minimum atomic E-state index is 0.0565. The summed E-state index contributed by atoms with van der Waals surface area (Å²) in [5, 5.41) is 3.38. The highest BCUT2D eigenvalue weighted by Gasteiger charge is 2.27. The maximum Gasteiger partial charge on any atom is 0.145 e. The molecule has 1 heterocycles. The first-order chi connectivity index (χ1) is 8.92. The molecule has 0 spiro atoms. The van der Waals surface area contributed by atoms with Gasteiger partial charge in [0.15, 0.2) is 0 Å². The maximum absolute atomic E-state index is 5.46. The summed E-state index contributed by atoms with van der Waals surface area (Å²) in [6.45, 7) is 5.18. The zero-order chi connectivity index (χ0) is 14.0. The fourth-order valence-electron chi connectivity index (χ4n) is 1.62. The van der Waals surface area contributed by atoms with E-state index < -0.39 is 0 Å². The lowest BCUT2D eigenvalue weighted by molar-refractivity contribution is 0.210. The largest absolute Gasteiger partial charge is 0.368 e. The molecule has 106 valence electrons. The number of nitrogen functional groups attached to an aromatic ring is 1. The number of nitrogens with one attached hydrogen (secondary N) is 2. The summed E-state index contributed by atoms with van der Waals surface area (Å²) in [7, 11) is 4.15. The molecule has 0 aliphatic heterocycles. The van der Waals surface area contributed by atoms with Crippen molar-refractivity contribution in [3.05, 3.63) is 11.9 Å². The topological polar surface area (TPSA) is 79.1 Å². The fourth-order valence-corrected chi connectivity index (χ4v) is 1.62. The standard InChI is InChI=1S/C13H24N6/c1-13(2,19(3)4)8-15-10-7-11(18-14)17-12(16-10)9-5-6-9/h7,9H,5-6,8,14H2,1-4H3,(H2,15,16,17,18). The van der Waals surface area contributed by atoms with Gasteiger partial charge in [-0.15, -0.1) is 0 Å². The number of hydrazine groups is 1. The second-order valence-corrected chi connectivity index (χ2v) is 5.98. The Morgan fingerprint density at radius 3 is 2.47 bits per heavy atom. The molecular formula is C13H24N6. The number of rotatable bonds is 6. The van der Waals surface area contributed by atoms with Crippen molar-refractivity contribution in [2.45, 2.75) is 38.1 Å². The average Bonchev–Trinajstić information content (AvgIpc) is 3.20. The van der Waals surface area contributed by atoms with Crippen LogP contribution in [0.1, 0.15) is 38.4 Å². The first-order valence-electron chi connectivity index (χ1n) is 6.69. The van der Waals surface area contributed by atoms with E-state index in [4.69, 9.17) is 5.84 Å². The van der Waals surface area contributed by atoms with Gasteiger partial charge >= 0.3 is 0 Å². The number of hydrogen-bond donors (Lipinski definition) is 3. The van der Waals surface area contributed by atoms with Gasteiger partial charge in [0, 0.05) is 24.1 Å². The average molecular weight is 264 g/mol. The number of likely N-dealkylation sites (N-methyl/N-ethyl adjacent to an activating group) is 1. The molecule has 0 saturated heterocycles. The monoisotopic (exact) mass is 264 g/mol. The minimum absolute atomic E-state index is 0.0565. The molecule has 1 aliphatic rings. The van der Waals surface area contributed by atoms with Crippen LogP contribution in [0.5, 0.6) is 0 Å². The second kappa shape index (κ2) is 5.30. The zero-order valence-corrected chi connectivity index (χ0v) is 12.2. The number of anilines is 2. The SMILES string of the molecule is CN(C)C(C)(C)CNc1cc(NN)nc(C2CC2)n1. The Kier molecular flexibility index (Phi) is 3.91. The van der Waals surface area contributed by atoms with E-state index in [1.807, 2.05) is 6.07 Å². The number of nitrogens with two attached hydrogens (primary N) is 1. The molecule has 1 aliphatic carbocycles. The van der Waals surface area contributed by atoms with Crippen molar-refractivity contribution in [2.24, 2.45) is 5.84 Å². The van der Waals surface area contributed by atoms with Gasteiger partial charge in [0.05, 0.1) is 0 Å². The van der Waals surface area contributed by atoms with Crippen LogP contribution in [0, 0.1) is 0 Å². The van der Waals surface area contributed by atoms with Crippen molar-refractivity contribution in [3.8, 4) is 0 Å². The van der Waals surface area contributed by atoms with Gasteiger partial charge in [0.1, 0.15) is 17.5 Å². The summed E-state index contributed by atoms with van der Waals surface area (Å²) in [4.78, 5) is 11.2. The van der Waals surface area contributed by atoms with E-state index in [0.29, 0.717) is 11.7 Å². The Hall–Kier alpha value is -1.40. The summed E-state index contributed by atoms with van der Waals surface area (Å²) in [5.74, 6) is 8.36. The van der Waals surface area contributed by atoms with Crippen molar-refractivity contribution in [1.29, 1.82) is 0 Å². The van der Waals surface area contributed by atoms with E-state index >= 15 is 0 Å². The quantitative estimate of drug-likeness (QED) is 0.532. The van der Waals surface area contributed by atoms with E-state index in [1.165, 1.54) is 12.8 Å². The van der Waals surface area contributed by atoms with Gasteiger partial charge in [-0.25, -0.2) is 15.8 Å². The Morgan fingerprint density at radius 2 is 1.95 bits per heavy atom. The van der Waals surface area contributed by atoms with E-state index in [2.05, 4.69) is 53.6 Å². The minimum Gasteiger partial charge on any atom is -0.368 e. The van der Waals surface area contributed by atoms with Gasteiger partial charge in [-0.3, -0.25) is 0 Å². The van der Waals surface area contributed by atoms with Crippen molar-refractivity contribution in [3.63, 3.8) is 0 Å². The molecule has 2 rings (SSSR count). The predicted molar refractivity (Wildman–Crippen MR) is 78.1 cm³/mol. The van der Waals surface area contributed by atoms with E-state index in [0.717, 1.165) is 18.2 Å². The van der Waals surface area contributed by atoms with E-state index in [1.54, 1.807) is 0 Å². The zero-order valence-electron chi connectivity index (χ0n) is 12.2. The van der Waals surface area contributed by atoms with Crippen LogP contribution >= 0.6 is 0 Å². The number of aromatic nitrogens is 2. The molecule has 1 aromatic rings. The first kappa shape index (κ1) is 14.0. The molecule has 1 aromatic heterocycles. The molecule has 6 nitrogen and oxygen atoms in total. The van der Waals surface area contributed by atoms with Crippen molar-refractivity contribution in [1.82, 2.24) is 14.9 Å². The van der Waals surface area contributed by atoms with E-state index in [9.17, 15) is 0 Å². The van der Waals surface area contributed by atoms with Crippen LogP contribution in [0.25, 0.3) is 0 Å². The van der Waals surface area contributed by atoms with Gasteiger partial charge in [-0.2, -0.15) is 0 Å². The van der Waals surface area contributed by atoms with Crippen LogP contribution in [-0.2, 0) is 0 Å². The molecule has 1 saturated carbocycles. The molecule has 0 radical (unpaired) electrons. The summed E-state index contributed by atoms with van der Waals surface area (Å²) in [6, 6.07) is 1.84. The smallest absolute Gasteiger partial charge is 0.145 e. The molecule has 4 N–H and O–H groups in total. The highest BCUT2D eigenvalue weighted by atomic mass is 15.3. The highest BCUT2D eigenvalue weighted by Crippen LogP contribution is 2.38. The van der Waals surface area contributed by atoms with Crippen LogP contribution < -0.4 is 16.6 Å². The van der Waals surface area contributed by atoms with Gasteiger partial charge in [-0.05, 0) is 40.8 Å². The van der Waals surface area contributed by atoms with Crippen LogP contribution in [0.2, 0.25) is 0 Å². The summed E-state index contributed by atoms with van der Waals surface area (Å²) < 4.78 is 0. The Balaban J connectivity index is 2.09. The van der Waals surface area contributed by atoms with Gasteiger partial charge in [-0.1, -0.05) is 0 Å². The van der Waals surface area contributed by atoms with Crippen molar-refractivity contribution < 1.29 is 0 Å². The van der Waals surface area contributed by atoms with E-state index in [-0.39, 0.29) is 5.54 Å². The number of nitrogens with zero attached hydrogens (tertiary/aromatic N) is 3. The third-order valence-corrected chi connectivity index (χ3v) is 3.75. The molecule has 0 amide bonds. The van der Waals surface area contributed by atoms with Crippen LogP contribution in [0.4, 0.5) is 11.6 Å². The maximum atomic E-state index is 5.46. The Bertz CT molecular complexity index is 439. The Labute approximate surface area is 114 Å². The summed E-state index contributed by atoms with van der Waals surface area (Å²) in [6.07, 6.45) is 2.35. The van der Waals surface area contributed by atoms with Crippen LogP contribution in [-0.4, -0.2) is 41.0 Å². The molecule has 1 fully saturated rings. The highest BCUT2D eigenvalue weighted by molar-refractivity contribution is 5.47. The van der Waals surface area contributed by atoms with Crippen molar-refractivity contribution in [2.75, 3.05) is 31.4 Å². The molecular weight excluding hydrogens is 240 g/mol. The molecule has 0 aromatic carbocycles. The molecule has 19 heavy (non-hydrogen) atoms. The van der Waals surface area contributed by atoms with Gasteiger partial charge in [0.2, 0.25) is 0 Å². The van der Waals surface area contributed by atoms with Gasteiger partial charge < -0.3 is 15.6 Å². The molecule has 6 heteroatoms. The Morgan fingerprint density at radius 1 is 1.32 bits per heavy atom. The van der Waals surface area contributed by atoms with Crippen LogP contribution in [0.3, 0.4) is 0 Å². The fraction of sp³-hybridized carbons (Fsp3) is 0.692. The lowest BCUT2D eigenvalue weighted by atomic mass is 10.0. The predicted octanol–water partition coefficient (Wildman–Crippen LogP) is 1.39. The van der Waals surface area contributed by atoms with Crippen LogP contribution in [0.15, 0.2) is 6.07 Å². The number of hydrogen-bond acceptors (Lipinski definition) is 6. The first-order valence-corrected chi connectivity index (χ1v) is 6.69. The second-order valence-electron chi connectivity index (χ2n) is 5.98. The summed E-state index contributed by atoms with van der Waals surface area (Å²) in [5.41, 5.74) is 2.67. The van der Waals surface area contributed by atoms with Crippen molar-refractivity contribution >= 4 is 11.6 Å². The normalized spacial score (nSPS) is 15.7. The summed E-state index contributed by atoms with van der Waals surface area (Å²) >= 11 is 0. The lowest BCUT2D eigenvalue weighted by Crippen LogP contribution is -2.44. The molecule has 0 bridgehead atoms. The molecule has 0 atom stereocenters. The third kappa shape index (κ3) is 3.54.